The fourth-order valence-corrected chi connectivity index (χ4v) is 3.52. The second-order valence-electron chi connectivity index (χ2n) is 5.67. The van der Waals surface area contributed by atoms with Crippen LogP contribution in [-0.2, 0) is 4.79 Å². The lowest BCUT2D eigenvalue weighted by atomic mass is 9.95. The molecule has 1 aromatic rings. The van der Waals surface area contributed by atoms with E-state index < -0.39 is 0 Å². The fraction of sp³-hybridized carbons (Fsp3) is 0.438. The van der Waals surface area contributed by atoms with Crippen LogP contribution in [-0.4, -0.2) is 11.9 Å². The monoisotopic (exact) mass is 275 g/mol. The highest BCUT2D eigenvalue weighted by Gasteiger charge is 2.39. The van der Waals surface area contributed by atoms with E-state index in [1.165, 1.54) is 25.7 Å². The van der Waals surface area contributed by atoms with Crippen LogP contribution < -0.4 is 5.32 Å². The van der Waals surface area contributed by atoms with Gasteiger partial charge in [0.2, 0.25) is 5.91 Å². The molecular weight excluding hydrogens is 258 g/mol. The summed E-state index contributed by atoms with van der Waals surface area (Å²) in [6, 6.07) is 7.87. The van der Waals surface area contributed by atoms with Crippen LogP contribution >= 0.6 is 11.6 Å². The van der Waals surface area contributed by atoms with Crippen molar-refractivity contribution in [3.05, 3.63) is 40.9 Å². The Morgan fingerprint density at radius 1 is 1.21 bits per heavy atom. The summed E-state index contributed by atoms with van der Waals surface area (Å²) in [5.74, 6) is 1.60. The number of carbonyl (C=O) groups excluding carboxylic acids is 1. The minimum absolute atomic E-state index is 0.0208. The zero-order valence-corrected chi connectivity index (χ0v) is 11.6. The molecule has 0 unspecified atom stereocenters. The van der Waals surface area contributed by atoms with Crippen LogP contribution in [0.1, 0.15) is 31.2 Å². The molecule has 1 N–H and O–H groups in total. The largest absolute Gasteiger partial charge is 0.350 e. The van der Waals surface area contributed by atoms with Gasteiger partial charge >= 0.3 is 0 Å². The van der Waals surface area contributed by atoms with Gasteiger partial charge in [-0.05, 0) is 54.9 Å². The molecule has 0 aliphatic heterocycles. The molecule has 2 bridgehead atoms. The van der Waals surface area contributed by atoms with Crippen molar-refractivity contribution in [2.24, 2.45) is 11.8 Å². The van der Waals surface area contributed by atoms with Crippen molar-refractivity contribution in [2.45, 2.75) is 31.7 Å². The first-order valence-electron chi connectivity index (χ1n) is 6.95. The molecule has 1 aromatic carbocycles. The highest BCUT2D eigenvalue weighted by atomic mass is 35.5. The number of carbonyl (C=O) groups is 1. The molecule has 3 rings (SSSR count). The summed E-state index contributed by atoms with van der Waals surface area (Å²) >= 11 is 5.82. The predicted molar refractivity (Wildman–Crippen MR) is 77.9 cm³/mol. The van der Waals surface area contributed by atoms with Gasteiger partial charge in [-0.2, -0.15) is 0 Å². The van der Waals surface area contributed by atoms with E-state index in [1.54, 1.807) is 6.08 Å². The van der Waals surface area contributed by atoms with Crippen molar-refractivity contribution in [3.8, 4) is 0 Å². The average molecular weight is 276 g/mol. The van der Waals surface area contributed by atoms with Gasteiger partial charge in [0.1, 0.15) is 0 Å². The van der Waals surface area contributed by atoms with Crippen LogP contribution in [0.15, 0.2) is 30.3 Å². The van der Waals surface area contributed by atoms with Crippen LogP contribution in [0.25, 0.3) is 6.08 Å². The minimum Gasteiger partial charge on any atom is -0.350 e. The van der Waals surface area contributed by atoms with Gasteiger partial charge in [0.15, 0.2) is 0 Å². The van der Waals surface area contributed by atoms with E-state index >= 15 is 0 Å². The van der Waals surface area contributed by atoms with Crippen molar-refractivity contribution in [1.82, 2.24) is 5.32 Å². The van der Waals surface area contributed by atoms with Gasteiger partial charge in [0.25, 0.3) is 0 Å². The molecule has 2 nitrogen and oxygen atoms in total. The number of hydrogen-bond acceptors (Lipinski definition) is 1. The molecule has 2 saturated carbocycles. The Kier molecular flexibility index (Phi) is 3.61. The van der Waals surface area contributed by atoms with Gasteiger partial charge < -0.3 is 5.32 Å². The van der Waals surface area contributed by atoms with E-state index in [0.29, 0.717) is 11.1 Å². The zero-order chi connectivity index (χ0) is 13.2. The minimum atomic E-state index is 0.0208. The van der Waals surface area contributed by atoms with Crippen LogP contribution in [0.3, 0.4) is 0 Å². The summed E-state index contributed by atoms with van der Waals surface area (Å²) in [7, 11) is 0. The molecule has 0 heterocycles. The molecule has 19 heavy (non-hydrogen) atoms. The Bertz CT molecular complexity index is 494. The van der Waals surface area contributed by atoms with Crippen molar-refractivity contribution in [3.63, 3.8) is 0 Å². The topological polar surface area (TPSA) is 29.1 Å². The van der Waals surface area contributed by atoms with Crippen molar-refractivity contribution >= 4 is 23.6 Å². The lowest BCUT2D eigenvalue weighted by Crippen LogP contribution is -2.37. The van der Waals surface area contributed by atoms with Crippen molar-refractivity contribution < 1.29 is 4.79 Å². The first-order valence-corrected chi connectivity index (χ1v) is 7.32. The molecule has 3 heteroatoms. The summed E-state index contributed by atoms with van der Waals surface area (Å²) in [5, 5.41) is 3.85. The lowest BCUT2D eigenvalue weighted by Gasteiger charge is -2.22. The summed E-state index contributed by atoms with van der Waals surface area (Å²) in [4.78, 5) is 11.9. The quantitative estimate of drug-likeness (QED) is 0.838. The highest BCUT2D eigenvalue weighted by Crippen LogP contribution is 2.44. The molecular formula is C16H18ClNO. The molecule has 0 aromatic heterocycles. The Labute approximate surface area is 118 Å². The van der Waals surface area contributed by atoms with Crippen LogP contribution in [0.4, 0.5) is 0 Å². The van der Waals surface area contributed by atoms with Crippen molar-refractivity contribution in [2.75, 3.05) is 0 Å². The third kappa shape index (κ3) is 3.01. The first-order chi connectivity index (χ1) is 9.20. The molecule has 0 saturated heterocycles. The van der Waals surface area contributed by atoms with E-state index in [9.17, 15) is 4.79 Å². The molecule has 2 aliphatic carbocycles. The molecule has 1 amide bonds. The average Bonchev–Trinajstić information content (AvgIpc) is 3.00. The highest BCUT2D eigenvalue weighted by molar-refractivity contribution is 6.30. The van der Waals surface area contributed by atoms with E-state index in [4.69, 9.17) is 11.6 Å². The van der Waals surface area contributed by atoms with Crippen molar-refractivity contribution in [1.29, 1.82) is 0 Å². The lowest BCUT2D eigenvalue weighted by molar-refractivity contribution is -0.117. The van der Waals surface area contributed by atoms with E-state index in [-0.39, 0.29) is 5.91 Å². The van der Waals surface area contributed by atoms with Gasteiger partial charge in [-0.25, -0.2) is 0 Å². The smallest absolute Gasteiger partial charge is 0.244 e. The number of nitrogens with one attached hydrogen (secondary N) is 1. The second-order valence-corrected chi connectivity index (χ2v) is 6.11. The fourth-order valence-electron chi connectivity index (χ4n) is 3.40. The molecule has 100 valence electrons. The Balaban J connectivity index is 1.55. The first kappa shape index (κ1) is 12.7. The molecule has 0 radical (unpaired) electrons. The van der Waals surface area contributed by atoms with E-state index in [1.807, 2.05) is 30.3 Å². The van der Waals surface area contributed by atoms with Gasteiger partial charge in [0, 0.05) is 17.1 Å². The van der Waals surface area contributed by atoms with Crippen LogP contribution in [0, 0.1) is 11.8 Å². The van der Waals surface area contributed by atoms with Crippen LogP contribution in [0.2, 0.25) is 5.02 Å². The Morgan fingerprint density at radius 3 is 2.63 bits per heavy atom. The molecule has 2 fully saturated rings. The standard InChI is InChI=1S/C16H18ClNO/c17-14-6-2-11(3-7-14)4-8-16(19)18-15-10-12-1-5-13(15)9-12/h2-4,6-8,12-13,15H,1,5,9-10H2,(H,18,19)/b8-4+/t12-,13+,15-/m0/s1. The predicted octanol–water partition coefficient (Wildman–Crippen LogP) is 3.66. The Hall–Kier alpha value is -1.28. The van der Waals surface area contributed by atoms with Crippen LogP contribution in [0.5, 0.6) is 0 Å². The number of hydrogen-bond donors (Lipinski definition) is 1. The molecule has 3 atom stereocenters. The normalized spacial score (nSPS) is 29.0. The second kappa shape index (κ2) is 5.38. The summed E-state index contributed by atoms with van der Waals surface area (Å²) < 4.78 is 0. The van der Waals surface area contributed by atoms with Gasteiger partial charge in [-0.3, -0.25) is 4.79 Å². The maximum Gasteiger partial charge on any atom is 0.244 e. The van der Waals surface area contributed by atoms with Gasteiger partial charge in [0.05, 0.1) is 0 Å². The maximum atomic E-state index is 11.9. The summed E-state index contributed by atoms with van der Waals surface area (Å²) in [6.45, 7) is 0. The van der Waals surface area contributed by atoms with Gasteiger partial charge in [-0.1, -0.05) is 30.2 Å². The van der Waals surface area contributed by atoms with Gasteiger partial charge in [-0.15, -0.1) is 0 Å². The zero-order valence-electron chi connectivity index (χ0n) is 10.8. The Morgan fingerprint density at radius 2 is 2.00 bits per heavy atom. The number of fused-ring (bicyclic) bond motifs is 2. The molecule has 2 aliphatic rings. The number of benzene rings is 1. The SMILES string of the molecule is O=C(/C=C/c1ccc(Cl)cc1)N[C@H]1C[C@H]2CC[C@@H]1C2. The number of amides is 1. The van der Waals surface area contributed by atoms with E-state index in [0.717, 1.165) is 17.4 Å². The summed E-state index contributed by atoms with van der Waals surface area (Å²) in [6.07, 6.45) is 8.58. The number of halogens is 1. The number of rotatable bonds is 3. The molecule has 0 spiro atoms. The van der Waals surface area contributed by atoms with E-state index in [2.05, 4.69) is 5.32 Å². The third-order valence-corrected chi connectivity index (χ3v) is 4.61. The maximum absolute atomic E-state index is 11.9. The third-order valence-electron chi connectivity index (χ3n) is 4.36. The summed E-state index contributed by atoms with van der Waals surface area (Å²) in [5.41, 5.74) is 0.993.